The molecule has 0 saturated carbocycles. The zero-order valence-electron chi connectivity index (χ0n) is 6.82. The summed E-state index contributed by atoms with van der Waals surface area (Å²) < 4.78 is 11.4. The molecule has 1 nitrogen and oxygen atoms in total. The predicted octanol–water partition coefficient (Wildman–Crippen LogP) is 2.66. The monoisotopic (exact) mass is 198 g/mol. The molecule has 1 aromatic rings. The number of rotatable bonds is 3. The van der Waals surface area contributed by atoms with Crippen molar-refractivity contribution in [3.05, 3.63) is 36.3 Å². The minimum atomic E-state index is -1.06. The summed E-state index contributed by atoms with van der Waals surface area (Å²) in [6, 6.07) is 7.65. The molecule has 0 saturated heterocycles. The topological polar surface area (TPSA) is 17.1 Å². The second-order valence-corrected chi connectivity index (χ2v) is 4.33. The molecule has 0 N–H and O–H groups in total. The third kappa shape index (κ3) is 1.99. The van der Waals surface area contributed by atoms with Crippen molar-refractivity contribution in [3.8, 4) is 0 Å². The first kappa shape index (κ1) is 9.55. The van der Waals surface area contributed by atoms with Gasteiger partial charge >= 0.3 is 0 Å². The molecule has 0 radical (unpaired) electrons. The van der Waals surface area contributed by atoms with E-state index >= 15 is 0 Å². The van der Waals surface area contributed by atoms with Crippen molar-refractivity contribution in [2.24, 2.45) is 0 Å². The Balaban J connectivity index is 3.13. The van der Waals surface area contributed by atoms with Gasteiger partial charge in [-0.1, -0.05) is 18.7 Å². The lowest BCUT2D eigenvalue weighted by Crippen LogP contribution is -1.87. The second kappa shape index (κ2) is 4.48. The highest BCUT2D eigenvalue weighted by Crippen LogP contribution is 2.22. The molecule has 0 aromatic heterocycles. The summed E-state index contributed by atoms with van der Waals surface area (Å²) in [7, 11) is -1.06. The standard InChI is InChI=1S/C9H10OS2/c1-3-12(10)9-7-5-4-6-8(9)11-2/h3-7H,1H2,2H3. The Morgan fingerprint density at radius 3 is 2.75 bits per heavy atom. The average molecular weight is 198 g/mol. The first-order valence-electron chi connectivity index (χ1n) is 3.45. The highest BCUT2D eigenvalue weighted by molar-refractivity contribution is 7.99. The summed E-state index contributed by atoms with van der Waals surface area (Å²) in [5.41, 5.74) is 0. The lowest BCUT2D eigenvalue weighted by atomic mass is 10.4. The van der Waals surface area contributed by atoms with E-state index in [0.717, 1.165) is 9.79 Å². The summed E-state index contributed by atoms with van der Waals surface area (Å²) in [6.45, 7) is 3.50. The van der Waals surface area contributed by atoms with Crippen LogP contribution in [0, 0.1) is 0 Å². The molecular weight excluding hydrogens is 188 g/mol. The van der Waals surface area contributed by atoms with Gasteiger partial charge in [-0.25, -0.2) is 4.21 Å². The maximum Gasteiger partial charge on any atom is 0.0781 e. The number of benzene rings is 1. The van der Waals surface area contributed by atoms with Gasteiger partial charge in [0, 0.05) is 10.3 Å². The van der Waals surface area contributed by atoms with Crippen molar-refractivity contribution in [1.29, 1.82) is 0 Å². The van der Waals surface area contributed by atoms with Crippen molar-refractivity contribution in [2.45, 2.75) is 9.79 Å². The van der Waals surface area contributed by atoms with Crippen LogP contribution in [0.3, 0.4) is 0 Å². The molecule has 1 atom stereocenters. The summed E-state index contributed by atoms with van der Waals surface area (Å²) in [5, 5.41) is 1.45. The maximum absolute atomic E-state index is 11.4. The molecule has 0 heterocycles. The van der Waals surface area contributed by atoms with Crippen molar-refractivity contribution < 1.29 is 4.21 Å². The minimum absolute atomic E-state index is 0.847. The Hall–Kier alpha value is -0.540. The lowest BCUT2D eigenvalue weighted by Gasteiger charge is -2.02. The zero-order chi connectivity index (χ0) is 8.97. The summed E-state index contributed by atoms with van der Waals surface area (Å²) in [4.78, 5) is 1.90. The molecule has 64 valence electrons. The van der Waals surface area contributed by atoms with E-state index in [1.807, 2.05) is 30.5 Å². The normalized spacial score (nSPS) is 12.4. The average Bonchev–Trinajstić information content (AvgIpc) is 2.16. The van der Waals surface area contributed by atoms with Crippen LogP contribution in [-0.2, 0) is 10.8 Å². The van der Waals surface area contributed by atoms with E-state index in [9.17, 15) is 4.21 Å². The number of hydrogen-bond acceptors (Lipinski definition) is 2. The first-order valence-corrected chi connectivity index (χ1v) is 5.89. The van der Waals surface area contributed by atoms with E-state index in [1.54, 1.807) is 11.8 Å². The van der Waals surface area contributed by atoms with Crippen LogP contribution in [0.4, 0.5) is 0 Å². The SMILES string of the molecule is C=CS(=O)c1ccccc1SC. The molecule has 1 aromatic carbocycles. The van der Waals surface area contributed by atoms with E-state index in [0.29, 0.717) is 0 Å². The first-order chi connectivity index (χ1) is 5.79. The molecule has 1 unspecified atom stereocenters. The van der Waals surface area contributed by atoms with Crippen LogP contribution in [-0.4, -0.2) is 10.5 Å². The molecule has 12 heavy (non-hydrogen) atoms. The van der Waals surface area contributed by atoms with Gasteiger partial charge in [-0.3, -0.25) is 0 Å². The molecule has 0 fully saturated rings. The lowest BCUT2D eigenvalue weighted by molar-refractivity contribution is 0.687. The Bertz CT molecular complexity index is 307. The van der Waals surface area contributed by atoms with E-state index in [-0.39, 0.29) is 0 Å². The van der Waals surface area contributed by atoms with Crippen LogP contribution in [0.15, 0.2) is 46.0 Å². The fourth-order valence-electron chi connectivity index (χ4n) is 0.875. The van der Waals surface area contributed by atoms with Crippen molar-refractivity contribution >= 4 is 22.6 Å². The van der Waals surface area contributed by atoms with Crippen LogP contribution >= 0.6 is 11.8 Å². The minimum Gasteiger partial charge on any atom is -0.250 e. The molecule has 3 heteroatoms. The highest BCUT2D eigenvalue weighted by atomic mass is 32.2. The van der Waals surface area contributed by atoms with Gasteiger partial charge < -0.3 is 0 Å². The quantitative estimate of drug-likeness (QED) is 0.695. The Kier molecular flexibility index (Phi) is 3.56. The molecule has 0 aliphatic heterocycles. The van der Waals surface area contributed by atoms with Crippen LogP contribution in [0.5, 0.6) is 0 Å². The largest absolute Gasteiger partial charge is 0.250 e. The molecule has 0 aliphatic rings. The zero-order valence-corrected chi connectivity index (χ0v) is 8.45. The summed E-state index contributed by atoms with van der Waals surface area (Å²) >= 11 is 1.60. The Labute approximate surface area is 79.3 Å². The van der Waals surface area contributed by atoms with Crippen molar-refractivity contribution in [1.82, 2.24) is 0 Å². The van der Waals surface area contributed by atoms with Gasteiger partial charge in [-0.15, -0.1) is 11.8 Å². The van der Waals surface area contributed by atoms with Gasteiger partial charge in [0.15, 0.2) is 0 Å². The smallest absolute Gasteiger partial charge is 0.0781 e. The molecule has 0 aliphatic carbocycles. The van der Waals surface area contributed by atoms with Crippen LogP contribution < -0.4 is 0 Å². The number of hydrogen-bond donors (Lipinski definition) is 0. The van der Waals surface area contributed by atoms with E-state index in [1.165, 1.54) is 5.41 Å². The van der Waals surface area contributed by atoms with Crippen molar-refractivity contribution in [3.63, 3.8) is 0 Å². The number of thioether (sulfide) groups is 1. The van der Waals surface area contributed by atoms with E-state index < -0.39 is 10.8 Å². The maximum atomic E-state index is 11.4. The van der Waals surface area contributed by atoms with Gasteiger partial charge in [0.25, 0.3) is 0 Å². The van der Waals surface area contributed by atoms with Gasteiger partial charge in [0.1, 0.15) is 0 Å². The highest BCUT2D eigenvalue weighted by Gasteiger charge is 2.03. The van der Waals surface area contributed by atoms with E-state index in [2.05, 4.69) is 6.58 Å². The van der Waals surface area contributed by atoms with Gasteiger partial charge in [-0.2, -0.15) is 0 Å². The fraction of sp³-hybridized carbons (Fsp3) is 0.111. The van der Waals surface area contributed by atoms with Gasteiger partial charge in [0.2, 0.25) is 0 Å². The third-order valence-corrected chi connectivity index (χ3v) is 3.45. The molecule has 0 amide bonds. The molecule has 0 spiro atoms. The van der Waals surface area contributed by atoms with Gasteiger partial charge in [0.05, 0.1) is 15.7 Å². The molecular formula is C9H10OS2. The van der Waals surface area contributed by atoms with Gasteiger partial charge in [-0.05, 0) is 18.4 Å². The molecule has 1 rings (SSSR count). The summed E-state index contributed by atoms with van der Waals surface area (Å²) in [6.07, 6.45) is 1.97. The van der Waals surface area contributed by atoms with Crippen LogP contribution in [0.1, 0.15) is 0 Å². The van der Waals surface area contributed by atoms with Crippen LogP contribution in [0.2, 0.25) is 0 Å². The predicted molar refractivity (Wildman–Crippen MR) is 54.8 cm³/mol. The Morgan fingerprint density at radius 1 is 1.50 bits per heavy atom. The third-order valence-electron chi connectivity index (χ3n) is 1.44. The fourth-order valence-corrected chi connectivity index (χ4v) is 2.51. The summed E-state index contributed by atoms with van der Waals surface area (Å²) in [5.74, 6) is 0. The van der Waals surface area contributed by atoms with Crippen molar-refractivity contribution in [2.75, 3.05) is 6.26 Å². The van der Waals surface area contributed by atoms with Crippen LogP contribution in [0.25, 0.3) is 0 Å². The second-order valence-electron chi connectivity index (χ2n) is 2.11. The van der Waals surface area contributed by atoms with E-state index in [4.69, 9.17) is 0 Å². The Morgan fingerprint density at radius 2 is 2.17 bits per heavy atom. The molecule has 0 bridgehead atoms.